The predicted octanol–water partition coefficient (Wildman–Crippen LogP) is 13.0. The molecule has 0 aromatic heterocycles. The third-order valence-corrected chi connectivity index (χ3v) is 32.2. The van der Waals surface area contributed by atoms with Crippen LogP contribution >= 0.6 is 17.0 Å². The second-order valence-corrected chi connectivity index (χ2v) is 38.5. The molecular weight excluding hydrogens is 809 g/mol. The van der Waals surface area contributed by atoms with Crippen molar-refractivity contribution in [1.29, 1.82) is 0 Å². The van der Waals surface area contributed by atoms with Gasteiger partial charge in [0, 0.05) is 0 Å². The molecule has 56 heavy (non-hydrogen) atoms. The van der Waals surface area contributed by atoms with E-state index in [9.17, 15) is 9.59 Å². The average molecular weight is 868 g/mol. The fraction of sp³-hybridized carbons (Fsp3) is 0.375. The molecule has 0 spiro atoms. The van der Waals surface area contributed by atoms with Gasteiger partial charge >= 0.3 is 346 Å². The third kappa shape index (κ3) is 7.60. The van der Waals surface area contributed by atoms with Gasteiger partial charge in [0.2, 0.25) is 0 Å². The Kier molecular flexibility index (Phi) is 12.6. The minimum atomic E-state index is -6.04. The molecule has 6 rings (SSSR count). The van der Waals surface area contributed by atoms with Crippen LogP contribution in [-0.4, -0.2) is 16.3 Å². The maximum absolute atomic E-state index is 13.8. The number of hydrogen-bond acceptors (Lipinski definition) is 2. The zero-order valence-electron chi connectivity index (χ0n) is 34.9. The Morgan fingerprint density at radius 2 is 0.964 bits per heavy atom. The summed E-state index contributed by atoms with van der Waals surface area (Å²) in [5.41, 5.74) is 16.4. The van der Waals surface area contributed by atoms with Crippen LogP contribution in [-0.2, 0) is 25.8 Å². The second-order valence-electron chi connectivity index (χ2n) is 17.1. The number of halogens is 2. The monoisotopic (exact) mass is 865 g/mol. The van der Waals surface area contributed by atoms with E-state index < -0.39 is 27.9 Å². The fourth-order valence-corrected chi connectivity index (χ4v) is 30.0. The van der Waals surface area contributed by atoms with Gasteiger partial charge in [-0.1, -0.05) is 0 Å². The van der Waals surface area contributed by atoms with Crippen molar-refractivity contribution in [3.05, 3.63) is 128 Å². The van der Waals surface area contributed by atoms with E-state index in [0.717, 1.165) is 46.2 Å². The van der Waals surface area contributed by atoms with Gasteiger partial charge in [0.25, 0.3) is 0 Å². The molecule has 4 aromatic carbocycles. The van der Waals surface area contributed by atoms with Gasteiger partial charge in [-0.2, -0.15) is 0 Å². The van der Waals surface area contributed by atoms with Gasteiger partial charge < -0.3 is 0 Å². The Balaban J connectivity index is 1.74. The van der Waals surface area contributed by atoms with Gasteiger partial charge in [0.15, 0.2) is 0 Å². The van der Waals surface area contributed by atoms with Crippen LogP contribution in [0.2, 0.25) is 0 Å². The van der Waals surface area contributed by atoms with Crippen molar-refractivity contribution in [2.24, 2.45) is 11.8 Å². The zero-order valence-corrected chi connectivity index (χ0v) is 38.8. The van der Waals surface area contributed by atoms with Crippen LogP contribution in [0.4, 0.5) is 0 Å². The number of aryl methyl sites for hydroxylation is 2. The summed E-state index contributed by atoms with van der Waals surface area (Å²) < 4.78 is -1.76. The molecule has 0 heterocycles. The van der Waals surface area contributed by atoms with E-state index in [4.69, 9.17) is 17.0 Å². The number of rotatable bonds is 13. The van der Waals surface area contributed by atoms with E-state index in [1.165, 1.54) is 44.5 Å². The number of allylic oxidation sites excluding steroid dienone is 2. The molecule has 0 saturated heterocycles. The molecule has 2 N–H and O–H groups in total. The fourth-order valence-electron chi connectivity index (χ4n) is 9.42. The normalized spacial score (nSPS) is 16.9. The Bertz CT molecular complexity index is 2100. The first-order valence-corrected chi connectivity index (χ1v) is 31.1. The maximum atomic E-state index is 13.8. The standard InChI is InChI=1S/2C21H23.C6H11BN2O2.2ClH.Zr/c2*1-14(2)11-17-12-18-8-6-10-20(21(18)13-17)19-9-5-7-15(3)16(19)4;1-3-5(10)8-7-9-6(11)4-2;;;/h2*5-10,12-14H,11H2,1-4H3;3-4H2,1-2H3,(H-,8,9,10,11);2*1H;/q;;;;;+1/p-1. The number of fused-ring (bicyclic) bond motifs is 2. The third-order valence-electron chi connectivity index (χ3n) is 12.3. The molecule has 0 radical (unpaired) electrons. The van der Waals surface area contributed by atoms with Gasteiger partial charge in [-0.15, -0.1) is 0 Å². The van der Waals surface area contributed by atoms with E-state index in [0.29, 0.717) is 11.8 Å². The molecule has 2 amide bonds. The number of hydrogen-bond donors (Lipinski definition) is 2. The summed E-state index contributed by atoms with van der Waals surface area (Å²) in [5, 5.41) is 6.61. The predicted molar refractivity (Wildman–Crippen MR) is 237 cm³/mol. The summed E-state index contributed by atoms with van der Waals surface area (Å²) in [5.74, 6) is 0.227. The number of benzene rings is 4. The molecule has 8 heteroatoms. The molecule has 0 aliphatic heterocycles. The quantitative estimate of drug-likeness (QED) is 0.132. The van der Waals surface area contributed by atoms with Crippen molar-refractivity contribution < 1.29 is 25.8 Å². The van der Waals surface area contributed by atoms with Crippen molar-refractivity contribution >= 4 is 45.5 Å². The summed E-state index contributed by atoms with van der Waals surface area (Å²) in [6.45, 7) is 21.3. The van der Waals surface area contributed by atoms with E-state index in [-0.39, 0.29) is 24.7 Å². The topological polar surface area (TPSA) is 58.2 Å². The van der Waals surface area contributed by atoms with Gasteiger partial charge in [-0.25, -0.2) is 0 Å². The summed E-state index contributed by atoms with van der Waals surface area (Å²) in [4.78, 5) is 27.5. The van der Waals surface area contributed by atoms with Crippen LogP contribution in [0.3, 0.4) is 0 Å². The molecule has 2 aliphatic carbocycles. The van der Waals surface area contributed by atoms with Crippen LogP contribution in [0.15, 0.2) is 83.9 Å². The van der Waals surface area contributed by atoms with Crippen molar-refractivity contribution in [2.75, 3.05) is 0 Å². The molecule has 2 atom stereocenters. The SMILES string of the molecule is CCC(=O)N[B](NC(=O)CC)[Zr]([Cl])([Cl])([CH]1C(CC(C)C)=Cc2c(-c3cccc(C)c3C)cccc21)[CH]1C(CC(C)C)=Cc2c(-c3cccc(C)c3C)cccc21. The molecular formula is C48H58BCl2N2O2Zr. The molecule has 293 valence electrons. The van der Waals surface area contributed by atoms with Crippen LogP contribution in [0.25, 0.3) is 34.4 Å². The summed E-state index contributed by atoms with van der Waals surface area (Å²) >= 11 is -6.04. The van der Waals surface area contributed by atoms with E-state index in [2.05, 4.69) is 151 Å². The molecule has 2 aliphatic rings. The number of amides is 2. The first kappa shape index (κ1) is 42.4. The van der Waals surface area contributed by atoms with Gasteiger partial charge in [0.1, 0.15) is 0 Å². The van der Waals surface area contributed by atoms with Crippen LogP contribution in [0.5, 0.6) is 0 Å². The van der Waals surface area contributed by atoms with Gasteiger partial charge in [0.05, 0.1) is 0 Å². The minimum absolute atomic E-state index is 0.193. The second kappa shape index (κ2) is 16.6. The average Bonchev–Trinajstić information content (AvgIpc) is 3.72. The Morgan fingerprint density at radius 1 is 0.607 bits per heavy atom. The molecule has 0 fully saturated rings. The van der Waals surface area contributed by atoms with Crippen LogP contribution in [0.1, 0.15) is 119 Å². The van der Waals surface area contributed by atoms with Crippen LogP contribution in [0, 0.1) is 39.5 Å². The van der Waals surface area contributed by atoms with Crippen molar-refractivity contribution in [2.45, 2.75) is 102 Å². The van der Waals surface area contributed by atoms with E-state index in [1.54, 1.807) is 0 Å². The molecule has 0 saturated carbocycles. The summed E-state index contributed by atoms with van der Waals surface area (Å²) in [7, 11) is 17.9. The Morgan fingerprint density at radius 3 is 1.32 bits per heavy atom. The first-order chi connectivity index (χ1) is 26.5. The van der Waals surface area contributed by atoms with E-state index >= 15 is 0 Å². The van der Waals surface area contributed by atoms with Gasteiger partial charge in [-0.05, 0) is 0 Å². The zero-order chi connectivity index (χ0) is 40.7. The molecule has 2 unspecified atom stereocenters. The Hall–Kier alpha value is -3.17. The number of nitrogens with one attached hydrogen (secondary N) is 2. The van der Waals surface area contributed by atoms with Crippen molar-refractivity contribution in [1.82, 2.24) is 10.5 Å². The summed E-state index contributed by atoms with van der Waals surface area (Å²) in [6.07, 6.45) is 6.72. The van der Waals surface area contributed by atoms with Crippen LogP contribution < -0.4 is 10.5 Å². The first-order valence-electron chi connectivity index (χ1n) is 20.5. The van der Waals surface area contributed by atoms with E-state index in [1.807, 2.05) is 13.8 Å². The summed E-state index contributed by atoms with van der Waals surface area (Å²) in [6, 6.07) is 26.0. The van der Waals surface area contributed by atoms with Gasteiger partial charge in [-0.3, -0.25) is 0 Å². The molecule has 4 nitrogen and oxygen atoms in total. The van der Waals surface area contributed by atoms with Crippen molar-refractivity contribution in [3.63, 3.8) is 0 Å². The molecule has 0 bridgehead atoms. The number of carbonyl (C=O) groups is 2. The van der Waals surface area contributed by atoms with Crippen molar-refractivity contribution in [3.8, 4) is 22.3 Å². The Labute approximate surface area is 344 Å². The molecule has 4 aromatic rings. The number of carbonyl (C=O) groups excluding carboxylic acids is 2.